The third-order valence-electron chi connectivity index (χ3n) is 3.45. The number of nitrogens with zero attached hydrogens (tertiary/aromatic N) is 3. The molecule has 5 heteroatoms. The fourth-order valence-corrected chi connectivity index (χ4v) is 2.64. The minimum Gasteiger partial charge on any atom is -0.360 e. The molecule has 0 bridgehead atoms. The van der Waals surface area contributed by atoms with Crippen LogP contribution < -0.4 is 5.32 Å². The molecule has 0 radical (unpaired) electrons. The van der Waals surface area contributed by atoms with Gasteiger partial charge in [-0.1, -0.05) is 5.16 Å². The molecule has 1 atom stereocenters. The largest absolute Gasteiger partial charge is 0.360 e. The van der Waals surface area contributed by atoms with Gasteiger partial charge in [0.25, 0.3) is 0 Å². The SMILES string of the molecule is CNCc1cc(CN(C)CC2CCN(C)C2)on1. The summed E-state index contributed by atoms with van der Waals surface area (Å²) in [5.41, 5.74) is 0.974. The summed E-state index contributed by atoms with van der Waals surface area (Å²) in [6.45, 7) is 5.18. The first-order valence-electron chi connectivity index (χ1n) is 6.63. The third kappa shape index (κ3) is 3.80. The van der Waals surface area contributed by atoms with Crippen molar-refractivity contribution in [3.63, 3.8) is 0 Å². The van der Waals surface area contributed by atoms with Crippen LogP contribution in [0.5, 0.6) is 0 Å². The Morgan fingerprint density at radius 1 is 1.61 bits per heavy atom. The van der Waals surface area contributed by atoms with E-state index in [1.54, 1.807) is 0 Å². The van der Waals surface area contributed by atoms with Crippen molar-refractivity contribution in [2.75, 3.05) is 40.8 Å². The number of hydrogen-bond acceptors (Lipinski definition) is 5. The number of rotatable bonds is 6. The molecular formula is C13H24N4O. The summed E-state index contributed by atoms with van der Waals surface area (Å²) < 4.78 is 5.33. The topological polar surface area (TPSA) is 44.5 Å². The normalized spacial score (nSPS) is 21.0. The van der Waals surface area contributed by atoms with Crippen molar-refractivity contribution in [2.24, 2.45) is 5.92 Å². The molecule has 0 aromatic carbocycles. The molecule has 18 heavy (non-hydrogen) atoms. The fraction of sp³-hybridized carbons (Fsp3) is 0.769. The number of likely N-dealkylation sites (tertiary alicyclic amines) is 1. The van der Waals surface area contributed by atoms with Gasteiger partial charge in [-0.25, -0.2) is 0 Å². The number of nitrogens with one attached hydrogen (secondary N) is 1. The molecule has 1 unspecified atom stereocenters. The van der Waals surface area contributed by atoms with Crippen molar-refractivity contribution in [3.05, 3.63) is 17.5 Å². The Bertz CT molecular complexity index is 366. The van der Waals surface area contributed by atoms with Gasteiger partial charge in [0.2, 0.25) is 0 Å². The van der Waals surface area contributed by atoms with E-state index in [4.69, 9.17) is 4.52 Å². The fourth-order valence-electron chi connectivity index (χ4n) is 2.64. The van der Waals surface area contributed by atoms with Gasteiger partial charge in [-0.15, -0.1) is 0 Å². The Morgan fingerprint density at radius 2 is 2.44 bits per heavy atom. The maximum atomic E-state index is 5.33. The molecule has 1 aliphatic heterocycles. The van der Waals surface area contributed by atoms with Crippen LogP contribution in [0.25, 0.3) is 0 Å². The minimum absolute atomic E-state index is 0.765. The summed E-state index contributed by atoms with van der Waals surface area (Å²) in [5.74, 6) is 1.74. The van der Waals surface area contributed by atoms with Gasteiger partial charge in [0.15, 0.2) is 5.76 Å². The van der Waals surface area contributed by atoms with Crippen LogP contribution in [-0.4, -0.2) is 55.7 Å². The van der Waals surface area contributed by atoms with E-state index in [-0.39, 0.29) is 0 Å². The van der Waals surface area contributed by atoms with Gasteiger partial charge >= 0.3 is 0 Å². The maximum absolute atomic E-state index is 5.33. The van der Waals surface area contributed by atoms with Gasteiger partial charge in [-0.2, -0.15) is 0 Å². The molecule has 102 valence electrons. The minimum atomic E-state index is 0.765. The number of aromatic nitrogens is 1. The molecule has 0 saturated carbocycles. The molecule has 0 aliphatic carbocycles. The average molecular weight is 252 g/mol. The van der Waals surface area contributed by atoms with Crippen LogP contribution in [-0.2, 0) is 13.1 Å². The quantitative estimate of drug-likeness (QED) is 0.810. The Morgan fingerprint density at radius 3 is 3.11 bits per heavy atom. The van der Waals surface area contributed by atoms with E-state index in [0.29, 0.717) is 0 Å². The van der Waals surface area contributed by atoms with Crippen molar-refractivity contribution in [3.8, 4) is 0 Å². The molecule has 1 fully saturated rings. The highest BCUT2D eigenvalue weighted by molar-refractivity contribution is 5.04. The smallest absolute Gasteiger partial charge is 0.151 e. The maximum Gasteiger partial charge on any atom is 0.151 e. The van der Waals surface area contributed by atoms with Crippen molar-refractivity contribution in [1.82, 2.24) is 20.3 Å². The highest BCUT2D eigenvalue weighted by atomic mass is 16.5. The van der Waals surface area contributed by atoms with E-state index >= 15 is 0 Å². The summed E-state index contributed by atoms with van der Waals surface area (Å²) in [7, 11) is 6.26. The van der Waals surface area contributed by atoms with Gasteiger partial charge in [0.1, 0.15) is 0 Å². The van der Waals surface area contributed by atoms with Crippen LogP contribution in [0.4, 0.5) is 0 Å². The van der Waals surface area contributed by atoms with Crippen LogP contribution in [0.1, 0.15) is 17.9 Å². The van der Waals surface area contributed by atoms with Gasteiger partial charge < -0.3 is 14.7 Å². The lowest BCUT2D eigenvalue weighted by atomic mass is 10.1. The van der Waals surface area contributed by atoms with E-state index < -0.39 is 0 Å². The zero-order valence-corrected chi connectivity index (χ0v) is 11.6. The predicted octanol–water partition coefficient (Wildman–Crippen LogP) is 0.778. The van der Waals surface area contributed by atoms with Gasteiger partial charge in [-0.3, -0.25) is 4.90 Å². The van der Waals surface area contributed by atoms with Crippen LogP contribution in [0.2, 0.25) is 0 Å². The summed E-state index contributed by atoms with van der Waals surface area (Å²) in [6, 6.07) is 2.04. The summed E-state index contributed by atoms with van der Waals surface area (Å²) >= 11 is 0. The molecule has 2 rings (SSSR count). The molecule has 0 amide bonds. The van der Waals surface area contributed by atoms with Crippen LogP contribution in [0, 0.1) is 5.92 Å². The molecular weight excluding hydrogens is 228 g/mol. The van der Waals surface area contributed by atoms with Crippen molar-refractivity contribution >= 4 is 0 Å². The standard InChI is InChI=1S/C13H24N4O/c1-14-7-12-6-13(18-15-12)10-17(3)9-11-4-5-16(2)8-11/h6,11,14H,4-5,7-10H2,1-3H3. The zero-order valence-electron chi connectivity index (χ0n) is 11.6. The Labute approximate surface area is 109 Å². The van der Waals surface area contributed by atoms with E-state index in [2.05, 4.69) is 34.4 Å². The highest BCUT2D eigenvalue weighted by Gasteiger charge is 2.21. The Hall–Kier alpha value is -0.910. The second-order valence-corrected chi connectivity index (χ2v) is 5.43. The second kappa shape index (κ2) is 6.31. The lowest BCUT2D eigenvalue weighted by Crippen LogP contribution is -2.26. The first kappa shape index (κ1) is 13.5. The van der Waals surface area contributed by atoms with E-state index in [1.807, 2.05) is 13.1 Å². The van der Waals surface area contributed by atoms with Gasteiger partial charge in [0.05, 0.1) is 12.2 Å². The lowest BCUT2D eigenvalue weighted by Gasteiger charge is -2.19. The van der Waals surface area contributed by atoms with Crippen molar-refractivity contribution in [1.29, 1.82) is 0 Å². The predicted molar refractivity (Wildman–Crippen MR) is 71.2 cm³/mol. The van der Waals surface area contributed by atoms with Crippen LogP contribution in [0.3, 0.4) is 0 Å². The lowest BCUT2D eigenvalue weighted by molar-refractivity contribution is 0.236. The molecule has 0 spiro atoms. The highest BCUT2D eigenvalue weighted by Crippen LogP contribution is 2.16. The summed E-state index contributed by atoms with van der Waals surface area (Å²) in [6.07, 6.45) is 1.31. The Kier molecular flexibility index (Phi) is 4.74. The number of hydrogen-bond donors (Lipinski definition) is 1. The first-order chi connectivity index (χ1) is 8.67. The third-order valence-corrected chi connectivity index (χ3v) is 3.45. The molecule has 1 aromatic rings. The monoisotopic (exact) mass is 252 g/mol. The average Bonchev–Trinajstić information content (AvgIpc) is 2.89. The van der Waals surface area contributed by atoms with Gasteiger partial charge in [-0.05, 0) is 40.0 Å². The molecule has 2 heterocycles. The summed E-state index contributed by atoms with van der Waals surface area (Å²) in [4.78, 5) is 4.73. The van der Waals surface area contributed by atoms with E-state index in [1.165, 1.54) is 19.5 Å². The molecule has 5 nitrogen and oxygen atoms in total. The molecule has 1 aliphatic rings. The first-order valence-corrected chi connectivity index (χ1v) is 6.63. The zero-order chi connectivity index (χ0) is 13.0. The summed E-state index contributed by atoms with van der Waals surface area (Å²) in [5, 5.41) is 7.10. The second-order valence-electron chi connectivity index (χ2n) is 5.43. The van der Waals surface area contributed by atoms with Crippen LogP contribution >= 0.6 is 0 Å². The van der Waals surface area contributed by atoms with Crippen LogP contribution in [0.15, 0.2) is 10.6 Å². The van der Waals surface area contributed by atoms with E-state index in [0.717, 1.165) is 37.0 Å². The van der Waals surface area contributed by atoms with Crippen molar-refractivity contribution < 1.29 is 4.52 Å². The van der Waals surface area contributed by atoms with Crippen molar-refractivity contribution in [2.45, 2.75) is 19.5 Å². The molecule has 1 aromatic heterocycles. The Balaban J connectivity index is 1.77. The molecule has 1 N–H and O–H groups in total. The van der Waals surface area contributed by atoms with Gasteiger partial charge in [0, 0.05) is 25.7 Å². The van der Waals surface area contributed by atoms with E-state index in [9.17, 15) is 0 Å². The molecule has 1 saturated heterocycles.